The van der Waals surface area contributed by atoms with Crippen LogP contribution in [0.25, 0.3) is 11.3 Å². The van der Waals surface area contributed by atoms with Gasteiger partial charge in [-0.15, -0.1) is 5.10 Å². The van der Waals surface area contributed by atoms with Gasteiger partial charge < -0.3 is 16.8 Å². The lowest BCUT2D eigenvalue weighted by atomic mass is 9.81. The molecule has 1 aliphatic carbocycles. The van der Waals surface area contributed by atoms with Gasteiger partial charge in [0.25, 0.3) is 0 Å². The Balaban J connectivity index is 1.51. The molecule has 0 amide bonds. The number of benzene rings is 1. The lowest BCUT2D eigenvalue weighted by molar-refractivity contribution is 0.396. The van der Waals surface area contributed by atoms with Crippen LogP contribution in [0.5, 0.6) is 0 Å². The molecule has 0 bridgehead atoms. The average Bonchev–Trinajstić information content (AvgIpc) is 3.35. The second-order valence-electron chi connectivity index (χ2n) is 8.49. The van der Waals surface area contributed by atoms with Crippen LogP contribution in [-0.4, -0.2) is 30.4 Å². The fraction of sp³-hybridized carbons (Fsp3) is 0.348. The molecule has 0 aliphatic heterocycles. The molecular weight excluding hydrogens is 388 g/mol. The number of nitrogens with one attached hydrogen (secondary N) is 1. The minimum atomic E-state index is 0.277. The number of hydrogen-bond donors (Lipinski definition) is 3. The van der Waals surface area contributed by atoms with Crippen LogP contribution in [0.15, 0.2) is 42.7 Å². The van der Waals surface area contributed by atoms with Gasteiger partial charge in [-0.2, -0.15) is 5.10 Å². The van der Waals surface area contributed by atoms with E-state index in [0.29, 0.717) is 11.7 Å². The monoisotopic (exact) mass is 416 g/mol. The number of imidazole rings is 1. The molecule has 1 aromatic carbocycles. The molecule has 1 aliphatic rings. The van der Waals surface area contributed by atoms with Crippen LogP contribution in [0.4, 0.5) is 17.2 Å². The van der Waals surface area contributed by atoms with Crippen molar-refractivity contribution in [3.05, 3.63) is 59.7 Å². The van der Waals surface area contributed by atoms with Gasteiger partial charge in [-0.1, -0.05) is 0 Å². The number of hydrogen-bond acceptors (Lipinski definition) is 6. The molecule has 31 heavy (non-hydrogen) atoms. The zero-order valence-corrected chi connectivity index (χ0v) is 17.9. The summed E-state index contributed by atoms with van der Waals surface area (Å²) in [6, 6.07) is 10.6. The van der Waals surface area contributed by atoms with E-state index in [4.69, 9.17) is 11.5 Å². The molecule has 1 fully saturated rings. The van der Waals surface area contributed by atoms with Crippen molar-refractivity contribution < 1.29 is 0 Å². The largest absolute Gasteiger partial charge is 0.382 e. The summed E-state index contributed by atoms with van der Waals surface area (Å²) in [4.78, 5) is 4.55. The smallest absolute Gasteiger partial charge is 0.177 e. The standard InChI is InChI=1S/C23H28N8/c1-14-13-15(2)31(28-14)19-9-7-18(8-10-19)27-21-20(16-3-5-17(24)6-4-16)22(25)29-30-12-11-26-23(21)30/h7-13,16-17,27H,3-6,24H2,1-2H3,(H2,25,29)/t16-,17-. The topological polar surface area (TPSA) is 112 Å². The number of rotatable bonds is 4. The minimum Gasteiger partial charge on any atom is -0.382 e. The number of anilines is 3. The molecule has 160 valence electrons. The Bertz CT molecular complexity index is 1210. The van der Waals surface area contributed by atoms with Crippen molar-refractivity contribution in [1.29, 1.82) is 0 Å². The van der Waals surface area contributed by atoms with E-state index >= 15 is 0 Å². The average molecular weight is 417 g/mol. The van der Waals surface area contributed by atoms with E-state index in [1.54, 1.807) is 10.7 Å². The highest BCUT2D eigenvalue weighted by molar-refractivity contribution is 5.81. The van der Waals surface area contributed by atoms with Gasteiger partial charge in [0.05, 0.1) is 17.1 Å². The maximum absolute atomic E-state index is 6.44. The van der Waals surface area contributed by atoms with Crippen LogP contribution in [0.2, 0.25) is 0 Å². The summed E-state index contributed by atoms with van der Waals surface area (Å²) in [5.74, 6) is 0.873. The number of nitrogens with zero attached hydrogens (tertiary/aromatic N) is 5. The first kappa shape index (κ1) is 19.6. The summed E-state index contributed by atoms with van der Waals surface area (Å²) in [6.07, 6.45) is 7.59. The van der Waals surface area contributed by atoms with Crippen LogP contribution < -0.4 is 16.8 Å². The summed E-state index contributed by atoms with van der Waals surface area (Å²) in [5, 5.41) is 12.7. The number of aromatic nitrogens is 5. The van der Waals surface area contributed by atoms with Crippen molar-refractivity contribution in [1.82, 2.24) is 24.4 Å². The first-order valence-corrected chi connectivity index (χ1v) is 10.8. The third-order valence-corrected chi connectivity index (χ3v) is 6.18. The van der Waals surface area contributed by atoms with Gasteiger partial charge in [-0.25, -0.2) is 14.2 Å². The molecule has 0 atom stereocenters. The minimum absolute atomic E-state index is 0.277. The molecule has 0 radical (unpaired) electrons. The van der Waals surface area contributed by atoms with Crippen LogP contribution in [0, 0.1) is 13.8 Å². The van der Waals surface area contributed by atoms with E-state index < -0.39 is 0 Å². The van der Waals surface area contributed by atoms with Crippen LogP contribution >= 0.6 is 0 Å². The number of nitrogen functional groups attached to an aromatic ring is 1. The Morgan fingerprint density at radius 1 is 1.03 bits per heavy atom. The summed E-state index contributed by atoms with van der Waals surface area (Å²) in [6.45, 7) is 4.06. The molecule has 0 spiro atoms. The number of aryl methyl sites for hydroxylation is 2. The van der Waals surface area contributed by atoms with Gasteiger partial charge >= 0.3 is 0 Å². The normalized spacial score (nSPS) is 19.1. The van der Waals surface area contributed by atoms with Gasteiger partial charge in [0, 0.05) is 35.4 Å². The lowest BCUT2D eigenvalue weighted by Crippen LogP contribution is -2.26. The van der Waals surface area contributed by atoms with E-state index in [9.17, 15) is 0 Å². The zero-order chi connectivity index (χ0) is 21.5. The van der Waals surface area contributed by atoms with E-state index in [1.807, 2.05) is 17.8 Å². The van der Waals surface area contributed by atoms with Gasteiger partial charge in [0.2, 0.25) is 0 Å². The Morgan fingerprint density at radius 3 is 2.45 bits per heavy atom. The van der Waals surface area contributed by atoms with Crippen molar-refractivity contribution in [2.45, 2.75) is 51.5 Å². The molecular formula is C23H28N8. The Morgan fingerprint density at radius 2 is 1.77 bits per heavy atom. The predicted molar refractivity (Wildman–Crippen MR) is 123 cm³/mol. The molecule has 4 aromatic rings. The quantitative estimate of drug-likeness (QED) is 0.466. The Kier molecular flexibility index (Phi) is 4.86. The molecule has 3 heterocycles. The van der Waals surface area contributed by atoms with Crippen LogP contribution in [-0.2, 0) is 0 Å². The third kappa shape index (κ3) is 3.63. The van der Waals surface area contributed by atoms with Crippen LogP contribution in [0.3, 0.4) is 0 Å². The first-order valence-electron chi connectivity index (χ1n) is 10.8. The highest BCUT2D eigenvalue weighted by Gasteiger charge is 2.27. The van der Waals surface area contributed by atoms with Crippen LogP contribution in [0.1, 0.15) is 48.6 Å². The molecule has 5 N–H and O–H groups in total. The maximum atomic E-state index is 6.44. The first-order chi connectivity index (χ1) is 15.0. The molecule has 1 saturated carbocycles. The van der Waals surface area contributed by atoms with E-state index in [-0.39, 0.29) is 6.04 Å². The molecule has 3 aromatic heterocycles. The van der Waals surface area contributed by atoms with Gasteiger partial charge in [0.15, 0.2) is 5.65 Å². The van der Waals surface area contributed by atoms with Gasteiger partial charge in [-0.3, -0.25) is 0 Å². The summed E-state index contributed by atoms with van der Waals surface area (Å²) in [5.41, 5.74) is 19.4. The SMILES string of the molecule is Cc1cc(C)n(-c2ccc(Nc3c4nccn4nc(N)c3[C@H]3CC[C@H](N)CC3)cc2)n1. The lowest BCUT2D eigenvalue weighted by Gasteiger charge is -2.28. The van der Waals surface area contributed by atoms with E-state index in [0.717, 1.165) is 65.3 Å². The van der Waals surface area contributed by atoms with E-state index in [1.165, 1.54) is 0 Å². The number of nitrogens with two attached hydrogens (primary N) is 2. The predicted octanol–water partition coefficient (Wildman–Crippen LogP) is 3.84. The Hall–Kier alpha value is -3.39. The molecule has 8 heteroatoms. The second-order valence-corrected chi connectivity index (χ2v) is 8.49. The number of fused-ring (bicyclic) bond motifs is 1. The Labute approximate surface area is 181 Å². The fourth-order valence-corrected chi connectivity index (χ4v) is 4.64. The van der Waals surface area contributed by atoms with Crippen molar-refractivity contribution >= 4 is 22.8 Å². The second kappa shape index (κ2) is 7.70. The highest BCUT2D eigenvalue weighted by atomic mass is 15.3. The molecule has 8 nitrogen and oxygen atoms in total. The van der Waals surface area contributed by atoms with Crippen molar-refractivity contribution in [3.63, 3.8) is 0 Å². The zero-order valence-electron chi connectivity index (χ0n) is 17.9. The van der Waals surface area contributed by atoms with Crippen molar-refractivity contribution in [2.24, 2.45) is 5.73 Å². The summed E-state index contributed by atoms with van der Waals surface area (Å²) < 4.78 is 3.69. The molecule has 0 saturated heterocycles. The van der Waals surface area contributed by atoms with E-state index in [2.05, 4.69) is 57.8 Å². The summed E-state index contributed by atoms with van der Waals surface area (Å²) >= 11 is 0. The van der Waals surface area contributed by atoms with Gasteiger partial charge in [0.1, 0.15) is 5.82 Å². The van der Waals surface area contributed by atoms with Crippen molar-refractivity contribution in [3.8, 4) is 5.69 Å². The summed E-state index contributed by atoms with van der Waals surface area (Å²) in [7, 11) is 0. The third-order valence-electron chi connectivity index (χ3n) is 6.18. The molecule has 5 rings (SSSR count). The fourth-order valence-electron chi connectivity index (χ4n) is 4.64. The molecule has 0 unspecified atom stereocenters. The van der Waals surface area contributed by atoms with Crippen molar-refractivity contribution in [2.75, 3.05) is 11.1 Å². The van der Waals surface area contributed by atoms with Gasteiger partial charge in [-0.05, 0) is 75.8 Å². The maximum Gasteiger partial charge on any atom is 0.177 e. The highest BCUT2D eigenvalue weighted by Crippen LogP contribution is 2.41.